The number of rotatable bonds is 5. The van der Waals surface area contributed by atoms with Crippen LogP contribution in [0.5, 0.6) is 0 Å². The van der Waals surface area contributed by atoms with Crippen molar-refractivity contribution in [3.63, 3.8) is 0 Å². The molecular weight excluding hydrogens is 178 g/mol. The molecule has 1 fully saturated rings. The molecule has 1 atom stereocenters. The quantitative estimate of drug-likeness (QED) is 0.761. The number of thiophene rings is 1. The maximum Gasteiger partial charge on any atom is 0.0300 e. The normalized spacial score (nSPS) is 18.8. The molecule has 1 aromatic heterocycles. The average Bonchev–Trinajstić information content (AvgIpc) is 2.80. The Labute approximate surface area is 84.2 Å². The lowest BCUT2D eigenvalue weighted by molar-refractivity contribution is 0.541. The second kappa shape index (κ2) is 4.25. The Morgan fingerprint density at radius 3 is 3.08 bits per heavy atom. The van der Waals surface area contributed by atoms with Gasteiger partial charge in [-0.15, -0.1) is 0 Å². The molecule has 0 amide bonds. The summed E-state index contributed by atoms with van der Waals surface area (Å²) in [5, 5.41) is 7.94. The highest BCUT2D eigenvalue weighted by Gasteiger charge is 2.20. The van der Waals surface area contributed by atoms with E-state index in [-0.39, 0.29) is 0 Å². The summed E-state index contributed by atoms with van der Waals surface area (Å²) >= 11 is 1.78. The monoisotopic (exact) mass is 195 g/mol. The second-order valence-corrected chi connectivity index (χ2v) is 4.74. The first kappa shape index (κ1) is 9.22. The van der Waals surface area contributed by atoms with E-state index in [0.29, 0.717) is 6.04 Å². The highest BCUT2D eigenvalue weighted by molar-refractivity contribution is 7.07. The molecule has 1 saturated carbocycles. The van der Waals surface area contributed by atoms with Gasteiger partial charge in [-0.1, -0.05) is 12.8 Å². The van der Waals surface area contributed by atoms with Crippen molar-refractivity contribution in [2.45, 2.75) is 32.2 Å². The number of nitrogens with one attached hydrogen (secondary N) is 1. The molecule has 0 aliphatic heterocycles. The third-order valence-electron chi connectivity index (χ3n) is 2.74. The minimum absolute atomic E-state index is 0.532. The SMILES string of the molecule is CC(NCCC1CC1)c1ccsc1. The predicted molar refractivity (Wildman–Crippen MR) is 58.1 cm³/mol. The van der Waals surface area contributed by atoms with Gasteiger partial charge in [0.05, 0.1) is 0 Å². The topological polar surface area (TPSA) is 12.0 Å². The van der Waals surface area contributed by atoms with Crippen LogP contribution >= 0.6 is 11.3 Å². The molecule has 1 aliphatic rings. The first-order valence-electron chi connectivity index (χ1n) is 5.12. The summed E-state index contributed by atoms with van der Waals surface area (Å²) in [6, 6.07) is 2.74. The molecule has 0 radical (unpaired) electrons. The second-order valence-electron chi connectivity index (χ2n) is 3.96. The molecule has 1 nitrogen and oxygen atoms in total. The van der Waals surface area contributed by atoms with Crippen LogP contribution in [0.3, 0.4) is 0 Å². The maximum absolute atomic E-state index is 3.56. The van der Waals surface area contributed by atoms with Gasteiger partial charge in [0.1, 0.15) is 0 Å². The molecule has 1 heterocycles. The van der Waals surface area contributed by atoms with Crippen LogP contribution in [-0.2, 0) is 0 Å². The van der Waals surface area contributed by atoms with Crippen molar-refractivity contribution < 1.29 is 0 Å². The highest BCUT2D eigenvalue weighted by Crippen LogP contribution is 2.31. The summed E-state index contributed by atoms with van der Waals surface area (Å²) < 4.78 is 0. The molecule has 0 aromatic carbocycles. The van der Waals surface area contributed by atoms with Crippen molar-refractivity contribution in [2.75, 3.05) is 6.54 Å². The van der Waals surface area contributed by atoms with Crippen LogP contribution in [0.25, 0.3) is 0 Å². The van der Waals surface area contributed by atoms with Crippen molar-refractivity contribution in [3.05, 3.63) is 22.4 Å². The molecule has 0 saturated heterocycles. The standard InChI is InChI=1S/C11H17NS/c1-9(11-5-7-13-8-11)12-6-4-10-2-3-10/h5,7-10,12H,2-4,6H2,1H3. The fourth-order valence-electron chi connectivity index (χ4n) is 1.55. The van der Waals surface area contributed by atoms with Gasteiger partial charge in [-0.25, -0.2) is 0 Å². The Kier molecular flexibility index (Phi) is 3.01. The molecule has 13 heavy (non-hydrogen) atoms. The summed E-state index contributed by atoms with van der Waals surface area (Å²) in [4.78, 5) is 0. The van der Waals surface area contributed by atoms with E-state index in [1.807, 2.05) is 0 Å². The van der Waals surface area contributed by atoms with Gasteiger partial charge >= 0.3 is 0 Å². The number of hydrogen-bond donors (Lipinski definition) is 1. The van der Waals surface area contributed by atoms with Gasteiger partial charge in [0.15, 0.2) is 0 Å². The van der Waals surface area contributed by atoms with E-state index in [1.54, 1.807) is 11.3 Å². The van der Waals surface area contributed by atoms with Crippen molar-refractivity contribution in [1.29, 1.82) is 0 Å². The Bertz CT molecular complexity index is 239. The first-order chi connectivity index (χ1) is 6.36. The molecule has 0 spiro atoms. The van der Waals surface area contributed by atoms with Crippen LogP contribution in [0.2, 0.25) is 0 Å². The Hall–Kier alpha value is -0.340. The maximum atomic E-state index is 3.56. The van der Waals surface area contributed by atoms with Crippen molar-refractivity contribution >= 4 is 11.3 Å². The summed E-state index contributed by atoms with van der Waals surface area (Å²) in [6.45, 7) is 3.43. The van der Waals surface area contributed by atoms with Gasteiger partial charge < -0.3 is 5.32 Å². The molecule has 1 aromatic rings. The fourth-order valence-corrected chi connectivity index (χ4v) is 2.30. The molecular formula is C11H17NS. The first-order valence-corrected chi connectivity index (χ1v) is 6.06. The molecule has 2 rings (SSSR count). The van der Waals surface area contributed by atoms with Crippen LogP contribution in [0.4, 0.5) is 0 Å². The number of hydrogen-bond acceptors (Lipinski definition) is 2. The molecule has 0 bridgehead atoms. The van der Waals surface area contributed by atoms with Gasteiger partial charge in [0.25, 0.3) is 0 Å². The third kappa shape index (κ3) is 2.82. The zero-order valence-electron chi connectivity index (χ0n) is 8.12. The highest BCUT2D eigenvalue weighted by atomic mass is 32.1. The van der Waals surface area contributed by atoms with E-state index in [1.165, 1.54) is 31.4 Å². The van der Waals surface area contributed by atoms with Gasteiger partial charge in [-0.05, 0) is 48.2 Å². The van der Waals surface area contributed by atoms with E-state index >= 15 is 0 Å². The van der Waals surface area contributed by atoms with Gasteiger partial charge in [-0.3, -0.25) is 0 Å². The van der Waals surface area contributed by atoms with Crippen LogP contribution in [0, 0.1) is 5.92 Å². The lowest BCUT2D eigenvalue weighted by Gasteiger charge is -2.11. The molecule has 1 N–H and O–H groups in total. The smallest absolute Gasteiger partial charge is 0.0300 e. The Morgan fingerprint density at radius 2 is 2.46 bits per heavy atom. The molecule has 72 valence electrons. The largest absolute Gasteiger partial charge is 0.310 e. The van der Waals surface area contributed by atoms with Crippen LogP contribution < -0.4 is 5.32 Å². The average molecular weight is 195 g/mol. The van der Waals surface area contributed by atoms with Gasteiger partial charge in [-0.2, -0.15) is 11.3 Å². The van der Waals surface area contributed by atoms with Gasteiger partial charge in [0.2, 0.25) is 0 Å². The zero-order valence-corrected chi connectivity index (χ0v) is 8.94. The fraction of sp³-hybridized carbons (Fsp3) is 0.636. The van der Waals surface area contributed by atoms with E-state index in [0.717, 1.165) is 5.92 Å². The zero-order chi connectivity index (χ0) is 9.10. The van der Waals surface area contributed by atoms with Crippen LogP contribution in [0.1, 0.15) is 37.8 Å². The Balaban J connectivity index is 1.68. The van der Waals surface area contributed by atoms with Crippen molar-refractivity contribution in [1.82, 2.24) is 5.32 Å². The summed E-state index contributed by atoms with van der Waals surface area (Å²) in [7, 11) is 0. The predicted octanol–water partition coefficient (Wildman–Crippen LogP) is 3.20. The summed E-state index contributed by atoms with van der Waals surface area (Å²) in [6.07, 6.45) is 4.30. The van der Waals surface area contributed by atoms with Crippen LogP contribution in [-0.4, -0.2) is 6.54 Å². The molecule has 1 unspecified atom stereocenters. The third-order valence-corrected chi connectivity index (χ3v) is 3.44. The summed E-state index contributed by atoms with van der Waals surface area (Å²) in [5.74, 6) is 1.04. The van der Waals surface area contributed by atoms with E-state index in [9.17, 15) is 0 Å². The lowest BCUT2D eigenvalue weighted by Crippen LogP contribution is -2.19. The molecule has 2 heteroatoms. The summed E-state index contributed by atoms with van der Waals surface area (Å²) in [5.41, 5.74) is 1.43. The van der Waals surface area contributed by atoms with E-state index < -0.39 is 0 Å². The molecule has 1 aliphatic carbocycles. The van der Waals surface area contributed by atoms with E-state index in [4.69, 9.17) is 0 Å². The van der Waals surface area contributed by atoms with Crippen molar-refractivity contribution in [3.8, 4) is 0 Å². The van der Waals surface area contributed by atoms with Crippen molar-refractivity contribution in [2.24, 2.45) is 5.92 Å². The van der Waals surface area contributed by atoms with Gasteiger partial charge in [0, 0.05) is 6.04 Å². The Morgan fingerprint density at radius 1 is 1.62 bits per heavy atom. The lowest BCUT2D eigenvalue weighted by atomic mass is 10.2. The minimum Gasteiger partial charge on any atom is -0.310 e. The van der Waals surface area contributed by atoms with E-state index in [2.05, 4.69) is 29.1 Å². The minimum atomic E-state index is 0.532. The van der Waals surface area contributed by atoms with Crippen LogP contribution in [0.15, 0.2) is 16.8 Å².